The predicted octanol–water partition coefficient (Wildman–Crippen LogP) is 3.28. The molecule has 0 spiro atoms. The normalized spacial score (nSPS) is 26.5. The molecule has 1 aromatic rings. The highest BCUT2D eigenvalue weighted by molar-refractivity contribution is 5.39. The minimum atomic E-state index is 0.866. The molecule has 2 nitrogen and oxygen atoms in total. The van der Waals surface area contributed by atoms with E-state index in [0.717, 1.165) is 17.8 Å². The molecule has 3 rings (SSSR count). The molecular weight excluding hydrogens is 256 g/mol. The van der Waals surface area contributed by atoms with Gasteiger partial charge in [0.05, 0.1) is 0 Å². The van der Waals surface area contributed by atoms with Crippen LogP contribution in [0.3, 0.4) is 0 Å². The highest BCUT2D eigenvalue weighted by atomic mass is 15.1. The Hall–Kier alpha value is -0.860. The molecule has 1 aromatic carbocycles. The lowest BCUT2D eigenvalue weighted by atomic mass is 9.92. The van der Waals surface area contributed by atoms with Gasteiger partial charge < -0.3 is 10.2 Å². The second-order valence-corrected chi connectivity index (χ2v) is 6.68. The molecule has 0 saturated heterocycles. The van der Waals surface area contributed by atoms with Crippen LogP contribution in [-0.4, -0.2) is 37.6 Å². The zero-order valence-electron chi connectivity index (χ0n) is 13.6. The Morgan fingerprint density at radius 2 is 2.00 bits per heavy atom. The van der Waals surface area contributed by atoms with Gasteiger partial charge in [-0.2, -0.15) is 0 Å². The molecule has 2 aliphatic rings. The van der Waals surface area contributed by atoms with Gasteiger partial charge in [-0.1, -0.05) is 38.1 Å². The number of nitrogens with zero attached hydrogens (tertiary/aromatic N) is 1. The molecule has 0 amide bonds. The number of benzene rings is 1. The molecule has 116 valence electrons. The van der Waals surface area contributed by atoms with Crippen LogP contribution in [-0.2, 0) is 6.42 Å². The largest absolute Gasteiger partial charge is 0.316 e. The van der Waals surface area contributed by atoms with Crippen LogP contribution >= 0.6 is 0 Å². The van der Waals surface area contributed by atoms with E-state index in [4.69, 9.17) is 0 Å². The van der Waals surface area contributed by atoms with Gasteiger partial charge in [0.15, 0.2) is 0 Å². The number of rotatable bonds is 8. The Labute approximate surface area is 129 Å². The van der Waals surface area contributed by atoms with E-state index < -0.39 is 0 Å². The summed E-state index contributed by atoms with van der Waals surface area (Å²) in [7, 11) is 0. The Balaban J connectivity index is 1.39. The average Bonchev–Trinajstić information content (AvgIpc) is 3.25. The van der Waals surface area contributed by atoms with Gasteiger partial charge >= 0.3 is 0 Å². The summed E-state index contributed by atoms with van der Waals surface area (Å²) in [5.74, 6) is 2.74. The van der Waals surface area contributed by atoms with Crippen LogP contribution in [0.2, 0.25) is 0 Å². The van der Waals surface area contributed by atoms with Gasteiger partial charge in [0, 0.05) is 0 Å². The zero-order valence-corrected chi connectivity index (χ0v) is 13.6. The van der Waals surface area contributed by atoms with E-state index in [2.05, 4.69) is 48.3 Å². The molecule has 1 saturated carbocycles. The monoisotopic (exact) mass is 286 g/mol. The van der Waals surface area contributed by atoms with Crippen LogP contribution in [0.5, 0.6) is 0 Å². The van der Waals surface area contributed by atoms with Crippen LogP contribution in [0, 0.1) is 11.8 Å². The van der Waals surface area contributed by atoms with Gasteiger partial charge in [-0.25, -0.2) is 0 Å². The van der Waals surface area contributed by atoms with Gasteiger partial charge in [0.2, 0.25) is 0 Å². The lowest BCUT2D eigenvalue weighted by Crippen LogP contribution is -2.28. The second kappa shape index (κ2) is 6.93. The number of hydrogen-bond acceptors (Lipinski definition) is 2. The van der Waals surface area contributed by atoms with E-state index in [9.17, 15) is 0 Å². The molecule has 1 N–H and O–H groups in total. The number of aryl methyl sites for hydroxylation is 1. The van der Waals surface area contributed by atoms with E-state index in [1.165, 1.54) is 52.0 Å². The summed E-state index contributed by atoms with van der Waals surface area (Å²) in [6.07, 6.45) is 3.99. The van der Waals surface area contributed by atoms with Gasteiger partial charge in [-0.15, -0.1) is 0 Å². The van der Waals surface area contributed by atoms with Crippen molar-refractivity contribution in [3.05, 3.63) is 35.4 Å². The molecule has 0 heterocycles. The second-order valence-electron chi connectivity index (χ2n) is 6.68. The van der Waals surface area contributed by atoms with E-state index in [-0.39, 0.29) is 0 Å². The topological polar surface area (TPSA) is 15.3 Å². The van der Waals surface area contributed by atoms with Crippen LogP contribution in [0.1, 0.15) is 43.7 Å². The Morgan fingerprint density at radius 3 is 2.81 bits per heavy atom. The summed E-state index contributed by atoms with van der Waals surface area (Å²) in [5, 5.41) is 3.71. The van der Waals surface area contributed by atoms with Crippen molar-refractivity contribution >= 4 is 0 Å². The van der Waals surface area contributed by atoms with Crippen LogP contribution in [0.25, 0.3) is 0 Å². The quantitative estimate of drug-likeness (QED) is 0.738. The molecule has 2 aliphatic carbocycles. The molecule has 0 aliphatic heterocycles. The maximum Gasteiger partial charge on any atom is -0.000687 e. The summed E-state index contributed by atoms with van der Waals surface area (Å²) in [6, 6.07) is 9.11. The third kappa shape index (κ3) is 3.32. The summed E-state index contributed by atoms with van der Waals surface area (Å²) >= 11 is 0. The van der Waals surface area contributed by atoms with Crippen molar-refractivity contribution in [2.75, 3.05) is 32.7 Å². The van der Waals surface area contributed by atoms with Crippen molar-refractivity contribution in [3.8, 4) is 0 Å². The van der Waals surface area contributed by atoms with E-state index >= 15 is 0 Å². The number of hydrogen-bond donors (Lipinski definition) is 1. The highest BCUT2D eigenvalue weighted by Crippen LogP contribution is 2.59. The number of nitrogens with one attached hydrogen (secondary N) is 1. The third-order valence-electron chi connectivity index (χ3n) is 5.60. The third-order valence-corrected chi connectivity index (χ3v) is 5.60. The summed E-state index contributed by atoms with van der Waals surface area (Å²) in [4.78, 5) is 2.51. The van der Waals surface area contributed by atoms with E-state index in [1.807, 2.05) is 0 Å². The molecule has 3 atom stereocenters. The van der Waals surface area contributed by atoms with Crippen molar-refractivity contribution in [3.63, 3.8) is 0 Å². The summed E-state index contributed by atoms with van der Waals surface area (Å²) < 4.78 is 0. The fourth-order valence-electron chi connectivity index (χ4n) is 4.22. The van der Waals surface area contributed by atoms with Gasteiger partial charge in [-0.05, 0) is 80.9 Å². The standard InChI is InChI=1S/C19H30N2/c1-3-21(4-2)13-7-12-20-14-18-17-11-10-15-8-5-6-9-16(15)19(17)18/h5-6,8-9,17-20H,3-4,7,10-14H2,1-2H3. The highest BCUT2D eigenvalue weighted by Gasteiger charge is 2.52. The molecule has 0 bridgehead atoms. The Morgan fingerprint density at radius 1 is 1.19 bits per heavy atom. The zero-order chi connectivity index (χ0) is 14.7. The molecular formula is C19H30N2. The SMILES string of the molecule is CCN(CC)CCCNCC1C2CCc3ccccc3C21. The van der Waals surface area contributed by atoms with Gasteiger partial charge in [0.25, 0.3) is 0 Å². The molecule has 0 aromatic heterocycles. The molecule has 3 unspecified atom stereocenters. The lowest BCUT2D eigenvalue weighted by molar-refractivity contribution is 0.297. The van der Waals surface area contributed by atoms with Crippen molar-refractivity contribution in [1.29, 1.82) is 0 Å². The first-order chi connectivity index (χ1) is 10.3. The molecule has 2 heteroatoms. The smallest absolute Gasteiger partial charge is 0.000687 e. The lowest BCUT2D eigenvalue weighted by Gasteiger charge is -2.17. The first kappa shape index (κ1) is 15.1. The van der Waals surface area contributed by atoms with Gasteiger partial charge in [0.1, 0.15) is 0 Å². The van der Waals surface area contributed by atoms with Crippen molar-refractivity contribution in [2.45, 2.75) is 39.0 Å². The summed E-state index contributed by atoms with van der Waals surface area (Å²) in [6.45, 7) is 10.5. The van der Waals surface area contributed by atoms with Gasteiger partial charge in [-0.3, -0.25) is 0 Å². The Kier molecular flexibility index (Phi) is 4.97. The Bertz CT molecular complexity index is 453. The molecule has 1 fully saturated rings. The maximum absolute atomic E-state index is 3.71. The number of fused-ring (bicyclic) bond motifs is 3. The van der Waals surface area contributed by atoms with Crippen molar-refractivity contribution in [2.24, 2.45) is 11.8 Å². The van der Waals surface area contributed by atoms with Crippen LogP contribution in [0.15, 0.2) is 24.3 Å². The fraction of sp³-hybridized carbons (Fsp3) is 0.684. The van der Waals surface area contributed by atoms with Crippen molar-refractivity contribution in [1.82, 2.24) is 10.2 Å². The average molecular weight is 286 g/mol. The molecule has 21 heavy (non-hydrogen) atoms. The fourth-order valence-corrected chi connectivity index (χ4v) is 4.22. The van der Waals surface area contributed by atoms with Crippen LogP contribution < -0.4 is 5.32 Å². The minimum absolute atomic E-state index is 0.866. The van der Waals surface area contributed by atoms with Crippen LogP contribution in [0.4, 0.5) is 0 Å². The first-order valence-electron chi connectivity index (χ1n) is 8.86. The van der Waals surface area contributed by atoms with E-state index in [1.54, 1.807) is 11.1 Å². The minimum Gasteiger partial charge on any atom is -0.316 e. The van der Waals surface area contributed by atoms with E-state index in [0.29, 0.717) is 0 Å². The summed E-state index contributed by atoms with van der Waals surface area (Å²) in [5.41, 5.74) is 3.27. The first-order valence-corrected chi connectivity index (χ1v) is 8.86. The predicted molar refractivity (Wildman–Crippen MR) is 89.8 cm³/mol. The van der Waals surface area contributed by atoms with Crippen molar-refractivity contribution < 1.29 is 0 Å². The molecule has 0 radical (unpaired) electrons. The maximum atomic E-state index is 3.71.